The van der Waals surface area contributed by atoms with Crippen molar-refractivity contribution in [2.45, 2.75) is 25.5 Å². The lowest BCUT2D eigenvalue weighted by Gasteiger charge is -2.20. The second-order valence-electron chi connectivity index (χ2n) is 3.04. The van der Waals surface area contributed by atoms with Gasteiger partial charge in [-0.1, -0.05) is 0 Å². The second kappa shape index (κ2) is 4.39. The topological polar surface area (TPSA) is 89.8 Å². The lowest BCUT2D eigenvalue weighted by atomic mass is 10.1. The summed E-state index contributed by atoms with van der Waals surface area (Å²) >= 11 is 0. The maximum atomic E-state index is 10.4. The monoisotopic (exact) mass is 177 g/mol. The van der Waals surface area contributed by atoms with Crippen molar-refractivity contribution in [3.8, 4) is 0 Å². The lowest BCUT2D eigenvalue weighted by molar-refractivity contribution is -0.156. The van der Waals surface area contributed by atoms with Crippen molar-refractivity contribution in [2.75, 3.05) is 13.2 Å². The lowest BCUT2D eigenvalue weighted by Crippen LogP contribution is -2.47. The van der Waals surface area contributed by atoms with Crippen LogP contribution in [0, 0.1) is 0 Å². The number of carboxylic acid groups (broad SMARTS) is 1. The molecule has 0 rings (SSSR count). The van der Waals surface area contributed by atoms with E-state index in [9.17, 15) is 9.90 Å². The first-order valence-electron chi connectivity index (χ1n) is 3.70. The molecule has 12 heavy (non-hydrogen) atoms. The third-order valence-electron chi connectivity index (χ3n) is 1.53. The van der Waals surface area contributed by atoms with Crippen molar-refractivity contribution in [1.82, 2.24) is 5.32 Å². The first kappa shape index (κ1) is 11.4. The molecule has 0 aliphatic carbocycles. The molecule has 0 heterocycles. The van der Waals surface area contributed by atoms with Gasteiger partial charge in [0.2, 0.25) is 0 Å². The van der Waals surface area contributed by atoms with Gasteiger partial charge < -0.3 is 20.6 Å². The SMILES string of the molecule is CC(CO)NCC(C)(O)C(=O)O. The van der Waals surface area contributed by atoms with Crippen LogP contribution in [0.15, 0.2) is 0 Å². The van der Waals surface area contributed by atoms with E-state index in [0.717, 1.165) is 0 Å². The van der Waals surface area contributed by atoms with Crippen LogP contribution < -0.4 is 5.32 Å². The Labute approximate surface area is 71.0 Å². The minimum Gasteiger partial charge on any atom is -0.479 e. The van der Waals surface area contributed by atoms with Gasteiger partial charge in [0.1, 0.15) is 0 Å². The number of rotatable bonds is 5. The standard InChI is InChI=1S/C7H15NO4/c1-5(3-9)8-4-7(2,12)6(10)11/h5,8-9,12H,3-4H2,1-2H3,(H,10,11). The molecule has 0 aromatic carbocycles. The number of aliphatic hydroxyl groups is 2. The van der Waals surface area contributed by atoms with Crippen molar-refractivity contribution in [3.05, 3.63) is 0 Å². The van der Waals surface area contributed by atoms with E-state index < -0.39 is 11.6 Å². The van der Waals surface area contributed by atoms with Crippen LogP contribution in [0.1, 0.15) is 13.8 Å². The maximum Gasteiger partial charge on any atom is 0.336 e. The highest BCUT2D eigenvalue weighted by Crippen LogP contribution is 2.00. The zero-order valence-corrected chi connectivity index (χ0v) is 7.24. The Balaban J connectivity index is 3.83. The van der Waals surface area contributed by atoms with Gasteiger partial charge in [0.15, 0.2) is 5.60 Å². The summed E-state index contributed by atoms with van der Waals surface area (Å²) in [6, 6.07) is -0.212. The van der Waals surface area contributed by atoms with Crippen molar-refractivity contribution in [1.29, 1.82) is 0 Å². The molecule has 0 fully saturated rings. The average Bonchev–Trinajstić information content (AvgIpc) is 2.00. The summed E-state index contributed by atoms with van der Waals surface area (Å²) in [5.74, 6) is -1.28. The van der Waals surface area contributed by atoms with Crippen LogP contribution in [-0.2, 0) is 4.79 Å². The zero-order valence-electron chi connectivity index (χ0n) is 7.24. The maximum absolute atomic E-state index is 10.4. The number of carbonyl (C=O) groups is 1. The molecule has 0 amide bonds. The summed E-state index contributed by atoms with van der Waals surface area (Å²) in [5.41, 5.74) is -1.77. The number of nitrogens with one attached hydrogen (secondary N) is 1. The van der Waals surface area contributed by atoms with E-state index in [2.05, 4.69) is 5.32 Å². The van der Waals surface area contributed by atoms with E-state index in [1.165, 1.54) is 6.92 Å². The summed E-state index contributed by atoms with van der Waals surface area (Å²) in [6.07, 6.45) is 0. The molecule has 0 aromatic heterocycles. The minimum atomic E-state index is -1.77. The largest absolute Gasteiger partial charge is 0.479 e. The smallest absolute Gasteiger partial charge is 0.336 e. The third-order valence-corrected chi connectivity index (χ3v) is 1.53. The number of carboxylic acids is 1. The summed E-state index contributed by atoms with van der Waals surface area (Å²) in [6.45, 7) is 2.73. The Bertz CT molecular complexity index is 157. The molecule has 2 atom stereocenters. The van der Waals surface area contributed by atoms with Crippen molar-refractivity contribution in [2.24, 2.45) is 0 Å². The van der Waals surface area contributed by atoms with Gasteiger partial charge in [-0.2, -0.15) is 0 Å². The van der Waals surface area contributed by atoms with E-state index in [1.54, 1.807) is 6.92 Å². The summed E-state index contributed by atoms with van der Waals surface area (Å²) in [4.78, 5) is 10.4. The highest BCUT2D eigenvalue weighted by atomic mass is 16.4. The fourth-order valence-electron chi connectivity index (χ4n) is 0.513. The van der Waals surface area contributed by atoms with Crippen LogP contribution in [0.2, 0.25) is 0 Å². The van der Waals surface area contributed by atoms with Crippen molar-refractivity contribution in [3.63, 3.8) is 0 Å². The quantitative estimate of drug-likeness (QED) is 0.423. The molecule has 5 nitrogen and oxygen atoms in total. The normalized spacial score (nSPS) is 18.3. The molecule has 0 aromatic rings. The molecule has 0 radical (unpaired) electrons. The summed E-state index contributed by atoms with van der Waals surface area (Å²) in [7, 11) is 0. The predicted molar refractivity (Wildman–Crippen MR) is 42.8 cm³/mol. The number of hydrogen-bond donors (Lipinski definition) is 4. The molecule has 0 spiro atoms. The first-order chi connectivity index (χ1) is 5.40. The van der Waals surface area contributed by atoms with Gasteiger partial charge >= 0.3 is 5.97 Å². The van der Waals surface area contributed by atoms with Gasteiger partial charge in [0, 0.05) is 12.6 Å². The van der Waals surface area contributed by atoms with E-state index in [1.807, 2.05) is 0 Å². The van der Waals surface area contributed by atoms with Gasteiger partial charge in [-0.3, -0.25) is 0 Å². The molecule has 0 saturated carbocycles. The number of aliphatic hydroxyl groups excluding tert-OH is 1. The molecular formula is C7H15NO4. The van der Waals surface area contributed by atoms with E-state index in [-0.39, 0.29) is 19.2 Å². The summed E-state index contributed by atoms with van der Waals surface area (Å²) in [5, 5.41) is 28.9. The molecule has 0 saturated heterocycles. The fraction of sp³-hybridized carbons (Fsp3) is 0.857. The van der Waals surface area contributed by atoms with Gasteiger partial charge in [-0.25, -0.2) is 4.79 Å². The molecule has 0 aliphatic rings. The molecular weight excluding hydrogens is 162 g/mol. The molecule has 4 N–H and O–H groups in total. The Morgan fingerprint density at radius 2 is 2.17 bits per heavy atom. The Kier molecular flexibility index (Phi) is 4.16. The molecule has 72 valence electrons. The average molecular weight is 177 g/mol. The van der Waals surface area contributed by atoms with E-state index >= 15 is 0 Å². The summed E-state index contributed by atoms with van der Waals surface area (Å²) < 4.78 is 0. The Hall–Kier alpha value is -0.650. The fourth-order valence-corrected chi connectivity index (χ4v) is 0.513. The Morgan fingerprint density at radius 3 is 2.50 bits per heavy atom. The second-order valence-corrected chi connectivity index (χ2v) is 3.04. The highest BCUT2D eigenvalue weighted by molar-refractivity contribution is 5.76. The molecule has 5 heteroatoms. The first-order valence-corrected chi connectivity index (χ1v) is 3.70. The molecule has 0 aliphatic heterocycles. The third kappa shape index (κ3) is 3.66. The van der Waals surface area contributed by atoms with Crippen LogP contribution in [0.25, 0.3) is 0 Å². The number of aliphatic carboxylic acids is 1. The van der Waals surface area contributed by atoms with Gasteiger partial charge in [-0.05, 0) is 13.8 Å². The van der Waals surface area contributed by atoms with Crippen LogP contribution in [0.5, 0.6) is 0 Å². The van der Waals surface area contributed by atoms with Crippen molar-refractivity contribution < 1.29 is 20.1 Å². The molecule has 2 unspecified atom stereocenters. The van der Waals surface area contributed by atoms with Crippen LogP contribution in [-0.4, -0.2) is 46.1 Å². The highest BCUT2D eigenvalue weighted by Gasteiger charge is 2.29. The molecule has 0 bridgehead atoms. The zero-order chi connectivity index (χ0) is 9.78. The van der Waals surface area contributed by atoms with Crippen LogP contribution in [0.4, 0.5) is 0 Å². The van der Waals surface area contributed by atoms with Crippen LogP contribution >= 0.6 is 0 Å². The van der Waals surface area contributed by atoms with Gasteiger partial charge in [0.25, 0.3) is 0 Å². The van der Waals surface area contributed by atoms with E-state index in [4.69, 9.17) is 10.2 Å². The predicted octanol–water partition coefficient (Wildman–Crippen LogP) is -1.21. The van der Waals surface area contributed by atoms with Gasteiger partial charge in [-0.15, -0.1) is 0 Å². The Morgan fingerprint density at radius 1 is 1.67 bits per heavy atom. The van der Waals surface area contributed by atoms with Gasteiger partial charge in [0.05, 0.1) is 6.61 Å². The number of hydrogen-bond acceptors (Lipinski definition) is 4. The van der Waals surface area contributed by atoms with Crippen molar-refractivity contribution >= 4 is 5.97 Å². The van der Waals surface area contributed by atoms with E-state index in [0.29, 0.717) is 0 Å². The van der Waals surface area contributed by atoms with Crippen LogP contribution in [0.3, 0.4) is 0 Å². The minimum absolute atomic E-state index is 0.0793.